The standard InChI is InChI=1S/C35H50N8O12/c1-18(2)12-23(41-34(54)26-10-7-11-43(26)35(55)25(16-29(48)49)42-31(51)22(36)14-28(46)47)33(53)40-24(15-27(37)45)32(52)38-19(3)30(50)39-21(17-44)13-20-8-5-4-6-9-20/h4-6,8-9,17-19,21-26H,7,10-16,36H2,1-3H3,(H2,37,45)(H,38,52)(H,39,50)(H,40,53)(H,41,54)(H,42,51)(H,46,47)(H,48,49)/t19-,21-,22-,23-,24-,25-,26-/m0/s1. The van der Waals surface area contributed by atoms with Gasteiger partial charge in [0.05, 0.1) is 31.3 Å². The van der Waals surface area contributed by atoms with Gasteiger partial charge < -0.3 is 58.0 Å². The number of nitrogens with one attached hydrogen (secondary N) is 5. The maximum atomic E-state index is 13.6. The number of aldehydes is 1. The SMILES string of the molecule is CC(C)C[C@H](NC(=O)[C@@H]1CCCN1C(=O)[C@H](CC(=O)O)NC(=O)[C@@H](N)CC(=O)O)C(=O)N[C@@H](CC(N)=O)C(=O)N[C@@H](C)C(=O)N[C@H](C=O)Cc1ccccc1. The zero-order valence-corrected chi connectivity index (χ0v) is 30.8. The van der Waals surface area contributed by atoms with E-state index in [-0.39, 0.29) is 31.7 Å². The highest BCUT2D eigenvalue weighted by atomic mass is 16.4. The molecule has 1 heterocycles. The number of carboxylic acid groups (broad SMARTS) is 2. The zero-order chi connectivity index (χ0) is 41.4. The number of carboxylic acids is 2. The second-order valence-corrected chi connectivity index (χ2v) is 13.6. The van der Waals surface area contributed by atoms with Crippen molar-refractivity contribution in [3.8, 4) is 0 Å². The first-order chi connectivity index (χ1) is 25.8. The van der Waals surface area contributed by atoms with Crippen molar-refractivity contribution >= 4 is 59.6 Å². The maximum Gasteiger partial charge on any atom is 0.305 e. The third-order valence-corrected chi connectivity index (χ3v) is 8.48. The van der Waals surface area contributed by atoms with E-state index in [1.807, 2.05) is 0 Å². The molecule has 20 nitrogen and oxygen atoms in total. The Balaban J connectivity index is 2.17. The van der Waals surface area contributed by atoms with Crippen LogP contribution in [0.4, 0.5) is 0 Å². The molecule has 0 unspecified atom stereocenters. The molecule has 0 radical (unpaired) electrons. The van der Waals surface area contributed by atoms with E-state index in [0.717, 1.165) is 10.5 Å². The molecule has 1 saturated heterocycles. The van der Waals surface area contributed by atoms with Crippen molar-refractivity contribution in [3.63, 3.8) is 0 Å². The van der Waals surface area contributed by atoms with Crippen LogP contribution in [0.15, 0.2) is 30.3 Å². The van der Waals surface area contributed by atoms with Crippen molar-refractivity contribution in [2.45, 2.75) is 108 Å². The summed E-state index contributed by atoms with van der Waals surface area (Å²) in [7, 11) is 0. The van der Waals surface area contributed by atoms with E-state index in [0.29, 0.717) is 12.7 Å². The summed E-state index contributed by atoms with van der Waals surface area (Å²) >= 11 is 0. The highest BCUT2D eigenvalue weighted by molar-refractivity contribution is 5.99. The Morgan fingerprint density at radius 1 is 0.782 bits per heavy atom. The quantitative estimate of drug-likeness (QED) is 0.0534. The molecule has 2 rings (SSSR count). The lowest BCUT2D eigenvalue weighted by molar-refractivity contribution is -0.146. The zero-order valence-electron chi connectivity index (χ0n) is 30.8. The fourth-order valence-corrected chi connectivity index (χ4v) is 5.78. The van der Waals surface area contributed by atoms with Crippen molar-refractivity contribution in [2.75, 3.05) is 6.54 Å². The van der Waals surface area contributed by atoms with Crippen molar-refractivity contribution < 1.29 is 58.2 Å². The predicted octanol–water partition coefficient (Wildman–Crippen LogP) is -2.94. The summed E-state index contributed by atoms with van der Waals surface area (Å²) in [6.07, 6.45) is -1.22. The van der Waals surface area contributed by atoms with Crippen LogP contribution in [0.25, 0.3) is 0 Å². The number of aliphatic carboxylic acids is 2. The lowest BCUT2D eigenvalue weighted by atomic mass is 10.0. The van der Waals surface area contributed by atoms with Crippen molar-refractivity contribution in [1.82, 2.24) is 31.5 Å². The summed E-state index contributed by atoms with van der Waals surface area (Å²) in [4.78, 5) is 126. The van der Waals surface area contributed by atoms with Crippen LogP contribution in [0, 0.1) is 5.92 Å². The number of likely N-dealkylation sites (tertiary alicyclic amines) is 1. The molecule has 20 heteroatoms. The Hall–Kier alpha value is -5.92. The summed E-state index contributed by atoms with van der Waals surface area (Å²) < 4.78 is 0. The van der Waals surface area contributed by atoms with Gasteiger partial charge in [0.25, 0.3) is 0 Å². The van der Waals surface area contributed by atoms with Crippen LogP contribution in [-0.4, -0.2) is 124 Å². The first-order valence-corrected chi connectivity index (χ1v) is 17.6. The molecule has 1 aromatic rings. The summed E-state index contributed by atoms with van der Waals surface area (Å²) in [6.45, 7) is 4.79. The largest absolute Gasteiger partial charge is 0.481 e. The molecule has 7 atom stereocenters. The Morgan fingerprint density at radius 3 is 1.95 bits per heavy atom. The Bertz CT molecular complexity index is 1590. The minimum Gasteiger partial charge on any atom is -0.481 e. The number of carbonyl (C=O) groups is 10. The Labute approximate surface area is 316 Å². The minimum absolute atomic E-state index is 0.0163. The lowest BCUT2D eigenvalue weighted by Gasteiger charge is -2.30. The van der Waals surface area contributed by atoms with E-state index in [9.17, 15) is 53.1 Å². The molecule has 0 spiro atoms. The van der Waals surface area contributed by atoms with E-state index in [1.54, 1.807) is 44.2 Å². The average molecular weight is 775 g/mol. The van der Waals surface area contributed by atoms with Gasteiger partial charge in [-0.15, -0.1) is 0 Å². The molecule has 302 valence electrons. The molecule has 1 fully saturated rings. The second-order valence-electron chi connectivity index (χ2n) is 13.6. The maximum absolute atomic E-state index is 13.6. The molecule has 1 aromatic carbocycles. The predicted molar refractivity (Wildman–Crippen MR) is 192 cm³/mol. The monoisotopic (exact) mass is 774 g/mol. The first-order valence-electron chi connectivity index (χ1n) is 17.6. The van der Waals surface area contributed by atoms with Gasteiger partial charge in [-0.1, -0.05) is 44.2 Å². The summed E-state index contributed by atoms with van der Waals surface area (Å²) in [5, 5.41) is 30.3. The van der Waals surface area contributed by atoms with E-state index in [2.05, 4.69) is 26.6 Å². The molecule has 55 heavy (non-hydrogen) atoms. The van der Waals surface area contributed by atoms with Gasteiger partial charge in [0.2, 0.25) is 41.4 Å². The third kappa shape index (κ3) is 15.2. The highest BCUT2D eigenvalue weighted by Gasteiger charge is 2.40. The molecule has 1 aliphatic heterocycles. The molecular formula is C35H50N8O12. The van der Waals surface area contributed by atoms with Crippen LogP contribution in [0.5, 0.6) is 0 Å². The summed E-state index contributed by atoms with van der Waals surface area (Å²) in [6, 6.07) is -0.659. The lowest BCUT2D eigenvalue weighted by Crippen LogP contribution is -2.60. The Kier molecular flexibility index (Phi) is 17.8. The molecule has 0 aromatic heterocycles. The van der Waals surface area contributed by atoms with E-state index in [1.165, 1.54) is 6.92 Å². The Morgan fingerprint density at radius 2 is 1.38 bits per heavy atom. The fourth-order valence-electron chi connectivity index (χ4n) is 5.78. The van der Waals surface area contributed by atoms with Gasteiger partial charge in [-0.3, -0.25) is 43.2 Å². The van der Waals surface area contributed by atoms with Crippen LogP contribution < -0.4 is 38.1 Å². The van der Waals surface area contributed by atoms with Crippen LogP contribution in [-0.2, 0) is 54.4 Å². The van der Waals surface area contributed by atoms with E-state index >= 15 is 0 Å². The van der Waals surface area contributed by atoms with Crippen LogP contribution >= 0.6 is 0 Å². The van der Waals surface area contributed by atoms with Gasteiger partial charge >= 0.3 is 11.9 Å². The third-order valence-electron chi connectivity index (χ3n) is 8.48. The normalized spacial score (nSPS) is 17.0. The molecule has 7 amide bonds. The number of carbonyl (C=O) groups excluding carboxylic acids is 8. The van der Waals surface area contributed by atoms with Gasteiger partial charge in [0, 0.05) is 6.54 Å². The molecule has 1 aliphatic rings. The van der Waals surface area contributed by atoms with Crippen molar-refractivity contribution in [2.24, 2.45) is 17.4 Å². The molecule has 0 saturated carbocycles. The van der Waals surface area contributed by atoms with Gasteiger partial charge in [-0.2, -0.15) is 0 Å². The number of rotatable bonds is 22. The summed E-state index contributed by atoms with van der Waals surface area (Å²) in [5.41, 5.74) is 11.7. The molecular weight excluding hydrogens is 724 g/mol. The average Bonchev–Trinajstić information content (AvgIpc) is 3.60. The number of benzene rings is 1. The van der Waals surface area contributed by atoms with Crippen molar-refractivity contribution in [3.05, 3.63) is 35.9 Å². The smallest absolute Gasteiger partial charge is 0.305 e. The van der Waals surface area contributed by atoms with Gasteiger partial charge in [0.1, 0.15) is 36.5 Å². The summed E-state index contributed by atoms with van der Waals surface area (Å²) in [5.74, 6) is -9.49. The van der Waals surface area contributed by atoms with Crippen molar-refractivity contribution in [1.29, 1.82) is 0 Å². The van der Waals surface area contributed by atoms with Crippen LogP contribution in [0.3, 0.4) is 0 Å². The second kappa shape index (κ2) is 21.7. The fraction of sp³-hybridized carbons (Fsp3) is 0.543. The first kappa shape index (κ1) is 45.2. The number of hydrogen-bond acceptors (Lipinski definition) is 11. The van der Waals surface area contributed by atoms with Gasteiger partial charge in [-0.25, -0.2) is 0 Å². The van der Waals surface area contributed by atoms with Gasteiger partial charge in [0.15, 0.2) is 0 Å². The highest BCUT2D eigenvalue weighted by Crippen LogP contribution is 2.20. The van der Waals surface area contributed by atoms with Crippen LogP contribution in [0.2, 0.25) is 0 Å². The molecule has 11 N–H and O–H groups in total. The molecule has 0 bridgehead atoms. The van der Waals surface area contributed by atoms with E-state index < -0.39 is 115 Å². The molecule has 0 aliphatic carbocycles. The number of nitrogens with zero attached hydrogens (tertiary/aromatic N) is 1. The number of hydrogen-bond donors (Lipinski definition) is 9. The minimum atomic E-state index is -1.70. The number of nitrogens with two attached hydrogens (primary N) is 2. The number of primary amides is 1. The van der Waals surface area contributed by atoms with E-state index in [4.69, 9.17) is 16.6 Å². The topological polar surface area (TPSA) is 327 Å². The van der Waals surface area contributed by atoms with Gasteiger partial charge in [-0.05, 0) is 44.1 Å². The van der Waals surface area contributed by atoms with Crippen LogP contribution in [0.1, 0.15) is 64.9 Å². The number of amides is 7.